The van der Waals surface area contributed by atoms with Gasteiger partial charge < -0.3 is 4.74 Å². The van der Waals surface area contributed by atoms with Gasteiger partial charge in [-0.15, -0.1) is 0 Å². The van der Waals surface area contributed by atoms with Gasteiger partial charge in [-0.05, 0) is 49.9 Å². The molecule has 98 valence electrons. The van der Waals surface area contributed by atoms with Crippen LogP contribution in [0.5, 0.6) is 0 Å². The Balaban J connectivity index is 2.23. The first-order valence-corrected chi connectivity index (χ1v) is 6.68. The van der Waals surface area contributed by atoms with Crippen LogP contribution in [-0.4, -0.2) is 18.6 Å². The van der Waals surface area contributed by atoms with Crippen LogP contribution in [0.2, 0.25) is 5.02 Å². The van der Waals surface area contributed by atoms with E-state index in [2.05, 4.69) is 5.32 Å². The van der Waals surface area contributed by atoms with Crippen molar-refractivity contribution in [3.63, 3.8) is 0 Å². The molecule has 1 unspecified atom stereocenters. The SMILES string of the molecule is CCOC(=O)C(NC1CC1)c1ccc(Cl)cc1C. The van der Waals surface area contributed by atoms with Gasteiger partial charge in [0, 0.05) is 11.1 Å². The number of esters is 1. The van der Waals surface area contributed by atoms with E-state index in [-0.39, 0.29) is 12.0 Å². The van der Waals surface area contributed by atoms with Crippen LogP contribution in [0.25, 0.3) is 0 Å². The summed E-state index contributed by atoms with van der Waals surface area (Å²) < 4.78 is 5.14. The number of carbonyl (C=O) groups is 1. The zero-order chi connectivity index (χ0) is 13.1. The van der Waals surface area contributed by atoms with Gasteiger partial charge in [-0.1, -0.05) is 17.7 Å². The molecule has 1 aliphatic carbocycles. The van der Waals surface area contributed by atoms with E-state index in [4.69, 9.17) is 16.3 Å². The minimum absolute atomic E-state index is 0.213. The summed E-state index contributed by atoms with van der Waals surface area (Å²) in [5.74, 6) is -0.213. The maximum Gasteiger partial charge on any atom is 0.327 e. The maximum absolute atomic E-state index is 12.0. The summed E-state index contributed by atoms with van der Waals surface area (Å²) in [6.45, 7) is 4.18. The van der Waals surface area contributed by atoms with E-state index in [1.54, 1.807) is 0 Å². The lowest BCUT2D eigenvalue weighted by atomic mass is 10.0. The van der Waals surface area contributed by atoms with Crippen LogP contribution < -0.4 is 5.32 Å². The van der Waals surface area contributed by atoms with Crippen molar-refractivity contribution in [1.29, 1.82) is 0 Å². The minimum Gasteiger partial charge on any atom is -0.465 e. The van der Waals surface area contributed by atoms with Gasteiger partial charge in [0.25, 0.3) is 0 Å². The Hall–Kier alpha value is -1.06. The van der Waals surface area contributed by atoms with Gasteiger partial charge in [0.1, 0.15) is 6.04 Å². The van der Waals surface area contributed by atoms with Crippen LogP contribution in [-0.2, 0) is 9.53 Å². The second-order valence-electron chi connectivity index (χ2n) is 4.63. The number of hydrogen-bond acceptors (Lipinski definition) is 3. The summed E-state index contributed by atoms with van der Waals surface area (Å²) in [4.78, 5) is 12.0. The van der Waals surface area contributed by atoms with E-state index in [1.807, 2.05) is 32.0 Å². The molecule has 1 aromatic rings. The zero-order valence-electron chi connectivity index (χ0n) is 10.7. The van der Waals surface area contributed by atoms with Crippen molar-refractivity contribution in [2.24, 2.45) is 0 Å². The van der Waals surface area contributed by atoms with E-state index in [9.17, 15) is 4.79 Å². The third-order valence-corrected chi connectivity index (χ3v) is 3.28. The van der Waals surface area contributed by atoms with Gasteiger partial charge in [0.2, 0.25) is 0 Å². The molecule has 4 heteroatoms. The Bertz CT molecular complexity index is 443. The molecule has 0 saturated heterocycles. The summed E-state index contributed by atoms with van der Waals surface area (Å²) >= 11 is 5.94. The summed E-state index contributed by atoms with van der Waals surface area (Å²) in [5, 5.41) is 4.02. The Labute approximate surface area is 112 Å². The van der Waals surface area contributed by atoms with Crippen molar-refractivity contribution in [3.05, 3.63) is 34.3 Å². The normalized spacial score (nSPS) is 16.4. The van der Waals surface area contributed by atoms with Crippen LogP contribution >= 0.6 is 11.6 Å². The number of nitrogens with one attached hydrogen (secondary N) is 1. The molecule has 0 aliphatic heterocycles. The molecule has 1 atom stereocenters. The molecule has 1 aliphatic rings. The third-order valence-electron chi connectivity index (χ3n) is 3.04. The molecule has 0 amide bonds. The molecule has 1 N–H and O–H groups in total. The molecule has 0 heterocycles. The lowest BCUT2D eigenvalue weighted by molar-refractivity contribution is -0.145. The van der Waals surface area contributed by atoms with Crippen molar-refractivity contribution in [2.75, 3.05) is 6.61 Å². The number of hydrogen-bond donors (Lipinski definition) is 1. The second-order valence-corrected chi connectivity index (χ2v) is 5.06. The molecule has 0 bridgehead atoms. The van der Waals surface area contributed by atoms with Crippen molar-refractivity contribution in [3.8, 4) is 0 Å². The third kappa shape index (κ3) is 3.24. The van der Waals surface area contributed by atoms with E-state index < -0.39 is 0 Å². The standard InChI is InChI=1S/C14H18ClNO2/c1-3-18-14(17)13(16-11-5-6-11)12-7-4-10(15)8-9(12)2/h4,7-8,11,13,16H,3,5-6H2,1-2H3. The van der Waals surface area contributed by atoms with E-state index in [1.165, 1.54) is 0 Å². The fourth-order valence-electron chi connectivity index (χ4n) is 1.96. The molecule has 2 rings (SSSR count). The van der Waals surface area contributed by atoms with Crippen LogP contribution in [0.15, 0.2) is 18.2 Å². The number of aryl methyl sites for hydroxylation is 1. The highest BCUT2D eigenvalue weighted by atomic mass is 35.5. The van der Waals surface area contributed by atoms with Gasteiger partial charge in [0.05, 0.1) is 6.61 Å². The largest absolute Gasteiger partial charge is 0.465 e. The molecule has 3 nitrogen and oxygen atoms in total. The lowest BCUT2D eigenvalue weighted by Crippen LogP contribution is -2.32. The first-order valence-electron chi connectivity index (χ1n) is 6.30. The molecule has 1 aromatic carbocycles. The molecule has 1 saturated carbocycles. The minimum atomic E-state index is -0.380. The predicted octanol–water partition coefficient (Wildman–Crippen LogP) is 3.00. The Morgan fingerprint density at radius 3 is 2.83 bits per heavy atom. The summed E-state index contributed by atoms with van der Waals surface area (Å²) in [5.41, 5.74) is 1.96. The number of halogens is 1. The highest BCUT2D eigenvalue weighted by molar-refractivity contribution is 6.30. The molecule has 0 spiro atoms. The van der Waals surface area contributed by atoms with E-state index in [0.717, 1.165) is 24.0 Å². The summed E-state index contributed by atoms with van der Waals surface area (Å²) in [6.07, 6.45) is 2.26. The zero-order valence-corrected chi connectivity index (χ0v) is 11.5. The van der Waals surface area contributed by atoms with Crippen molar-refractivity contribution in [2.45, 2.75) is 38.8 Å². The summed E-state index contributed by atoms with van der Waals surface area (Å²) in [6, 6.07) is 5.64. The second kappa shape index (κ2) is 5.72. The number of carbonyl (C=O) groups excluding carboxylic acids is 1. The molecule has 0 radical (unpaired) electrons. The average Bonchev–Trinajstić information content (AvgIpc) is 3.11. The first-order chi connectivity index (χ1) is 8.61. The van der Waals surface area contributed by atoms with Crippen LogP contribution in [0.1, 0.15) is 36.9 Å². The van der Waals surface area contributed by atoms with Crippen LogP contribution in [0.4, 0.5) is 0 Å². The molecule has 0 aromatic heterocycles. The van der Waals surface area contributed by atoms with Gasteiger partial charge in [-0.2, -0.15) is 0 Å². The molecular formula is C14H18ClNO2. The fourth-order valence-corrected chi connectivity index (χ4v) is 2.19. The Morgan fingerprint density at radius 1 is 1.56 bits per heavy atom. The van der Waals surface area contributed by atoms with Crippen molar-refractivity contribution >= 4 is 17.6 Å². The predicted molar refractivity (Wildman–Crippen MR) is 71.7 cm³/mol. The quantitative estimate of drug-likeness (QED) is 0.834. The number of rotatable bonds is 5. The fraction of sp³-hybridized carbons (Fsp3) is 0.500. The smallest absolute Gasteiger partial charge is 0.327 e. The van der Waals surface area contributed by atoms with Crippen LogP contribution in [0, 0.1) is 6.92 Å². The van der Waals surface area contributed by atoms with Gasteiger partial charge in [-0.3, -0.25) is 5.32 Å². The average molecular weight is 268 g/mol. The van der Waals surface area contributed by atoms with E-state index in [0.29, 0.717) is 17.7 Å². The maximum atomic E-state index is 12.0. The first kappa shape index (κ1) is 13.4. The molecule has 18 heavy (non-hydrogen) atoms. The Kier molecular flexibility index (Phi) is 4.25. The van der Waals surface area contributed by atoms with Gasteiger partial charge in [-0.25, -0.2) is 4.79 Å². The lowest BCUT2D eigenvalue weighted by Gasteiger charge is -2.19. The highest BCUT2D eigenvalue weighted by Crippen LogP contribution is 2.27. The number of benzene rings is 1. The van der Waals surface area contributed by atoms with Crippen LogP contribution in [0.3, 0.4) is 0 Å². The van der Waals surface area contributed by atoms with Crippen molar-refractivity contribution < 1.29 is 9.53 Å². The van der Waals surface area contributed by atoms with Gasteiger partial charge in [0.15, 0.2) is 0 Å². The Morgan fingerprint density at radius 2 is 2.28 bits per heavy atom. The monoisotopic (exact) mass is 267 g/mol. The number of ether oxygens (including phenoxy) is 1. The van der Waals surface area contributed by atoms with Gasteiger partial charge >= 0.3 is 5.97 Å². The van der Waals surface area contributed by atoms with E-state index >= 15 is 0 Å². The molecular weight excluding hydrogens is 250 g/mol. The van der Waals surface area contributed by atoms with Crippen molar-refractivity contribution in [1.82, 2.24) is 5.32 Å². The topological polar surface area (TPSA) is 38.3 Å². The molecule has 1 fully saturated rings. The summed E-state index contributed by atoms with van der Waals surface area (Å²) in [7, 11) is 0. The highest BCUT2D eigenvalue weighted by Gasteiger charge is 2.31.